The molecule has 0 saturated carbocycles. The fraction of sp³-hybridized carbons (Fsp3) is 0.0909. The number of nitrogen functional groups attached to an aromatic ring is 1. The first-order valence-corrected chi connectivity index (χ1v) is 5.49. The molecule has 0 bridgehead atoms. The Hall–Kier alpha value is -1.39. The molecule has 2 rings (SSSR count). The number of hydrogen-bond donors (Lipinski definition) is 1. The first-order chi connectivity index (χ1) is 7.97. The van der Waals surface area contributed by atoms with Gasteiger partial charge in [-0.2, -0.15) is 0 Å². The lowest BCUT2D eigenvalue weighted by Gasteiger charge is -2.06. The van der Waals surface area contributed by atoms with Crippen LogP contribution in [0.3, 0.4) is 0 Å². The summed E-state index contributed by atoms with van der Waals surface area (Å²) in [6, 6.07) is 4.23. The summed E-state index contributed by atoms with van der Waals surface area (Å²) < 4.78 is 13.4. The van der Waals surface area contributed by atoms with Gasteiger partial charge in [-0.25, -0.2) is 14.4 Å². The second-order valence-corrected chi connectivity index (χ2v) is 4.31. The van der Waals surface area contributed by atoms with E-state index in [2.05, 4.69) is 9.97 Å². The minimum Gasteiger partial charge on any atom is -0.368 e. The highest BCUT2D eigenvalue weighted by atomic mass is 35.5. The van der Waals surface area contributed by atoms with Crippen molar-refractivity contribution in [2.45, 2.75) is 6.92 Å². The van der Waals surface area contributed by atoms with E-state index in [0.717, 1.165) is 0 Å². The number of anilines is 1. The van der Waals surface area contributed by atoms with Gasteiger partial charge in [0.2, 0.25) is 5.95 Å². The molecule has 0 aliphatic heterocycles. The van der Waals surface area contributed by atoms with Crippen molar-refractivity contribution in [3.63, 3.8) is 0 Å². The molecule has 2 aromatic rings. The number of aromatic nitrogens is 2. The maximum absolute atomic E-state index is 13.4. The van der Waals surface area contributed by atoms with E-state index in [1.165, 1.54) is 12.1 Å². The maximum Gasteiger partial charge on any atom is 0.220 e. The summed E-state index contributed by atoms with van der Waals surface area (Å²) >= 11 is 11.6. The summed E-state index contributed by atoms with van der Waals surface area (Å²) in [5.74, 6) is -0.438. The maximum atomic E-state index is 13.4. The molecule has 0 aliphatic carbocycles. The Morgan fingerprint density at radius 3 is 2.47 bits per heavy atom. The van der Waals surface area contributed by atoms with E-state index in [9.17, 15) is 4.39 Å². The van der Waals surface area contributed by atoms with Crippen LogP contribution in [0.15, 0.2) is 18.2 Å². The smallest absolute Gasteiger partial charge is 0.220 e. The van der Waals surface area contributed by atoms with Crippen molar-refractivity contribution in [1.82, 2.24) is 9.97 Å². The van der Waals surface area contributed by atoms with Crippen LogP contribution in [0, 0.1) is 12.7 Å². The minimum absolute atomic E-state index is 0.0301. The highest BCUT2D eigenvalue weighted by molar-refractivity contribution is 6.36. The quantitative estimate of drug-likeness (QED) is 0.808. The standard InChI is InChI=1S/C11H8Cl2FN3/c1-5-2-10(17-11(15)16-5)6-3-9(14)8(13)4-7(6)12/h2-4H,1H3,(H2,15,16,17). The highest BCUT2D eigenvalue weighted by Crippen LogP contribution is 2.31. The number of aryl methyl sites for hydroxylation is 1. The van der Waals surface area contributed by atoms with Crippen molar-refractivity contribution in [3.8, 4) is 11.3 Å². The molecule has 3 nitrogen and oxygen atoms in total. The molecule has 0 radical (unpaired) electrons. The number of benzene rings is 1. The number of nitrogens with zero attached hydrogens (tertiary/aromatic N) is 2. The number of rotatable bonds is 1. The molecule has 0 atom stereocenters. The number of hydrogen-bond acceptors (Lipinski definition) is 3. The monoisotopic (exact) mass is 271 g/mol. The SMILES string of the molecule is Cc1cc(-c2cc(F)c(Cl)cc2Cl)nc(N)n1. The summed E-state index contributed by atoms with van der Waals surface area (Å²) in [4.78, 5) is 7.94. The van der Waals surface area contributed by atoms with E-state index in [4.69, 9.17) is 28.9 Å². The molecule has 0 spiro atoms. The zero-order valence-corrected chi connectivity index (χ0v) is 10.3. The van der Waals surface area contributed by atoms with E-state index in [1.807, 2.05) is 0 Å². The van der Waals surface area contributed by atoms with Gasteiger partial charge in [-0.1, -0.05) is 23.2 Å². The van der Waals surface area contributed by atoms with Crippen molar-refractivity contribution >= 4 is 29.2 Å². The Bertz CT molecular complexity index is 567. The summed E-state index contributed by atoms with van der Waals surface area (Å²) in [5, 5.41) is 0.284. The largest absolute Gasteiger partial charge is 0.368 e. The van der Waals surface area contributed by atoms with Crippen molar-refractivity contribution < 1.29 is 4.39 Å². The molecule has 0 aliphatic rings. The van der Waals surface area contributed by atoms with E-state index >= 15 is 0 Å². The molecule has 17 heavy (non-hydrogen) atoms. The molecule has 1 aromatic carbocycles. The Balaban J connectivity index is 2.64. The molecular weight excluding hydrogens is 264 g/mol. The van der Waals surface area contributed by atoms with Gasteiger partial charge < -0.3 is 5.73 Å². The second-order valence-electron chi connectivity index (χ2n) is 3.50. The van der Waals surface area contributed by atoms with Crippen LogP contribution >= 0.6 is 23.2 Å². The van der Waals surface area contributed by atoms with Crippen LogP contribution in [0.4, 0.5) is 10.3 Å². The molecule has 0 amide bonds. The van der Waals surface area contributed by atoms with Crippen LogP contribution in [0.25, 0.3) is 11.3 Å². The average molecular weight is 272 g/mol. The van der Waals surface area contributed by atoms with Crippen LogP contribution in [0.5, 0.6) is 0 Å². The lowest BCUT2D eigenvalue weighted by molar-refractivity contribution is 0.628. The molecular formula is C11H8Cl2FN3. The van der Waals surface area contributed by atoms with Crippen molar-refractivity contribution in [3.05, 3.63) is 39.8 Å². The third-order valence-electron chi connectivity index (χ3n) is 2.16. The third kappa shape index (κ3) is 2.48. The topological polar surface area (TPSA) is 51.8 Å². The summed E-state index contributed by atoms with van der Waals surface area (Å²) in [6.45, 7) is 1.77. The van der Waals surface area contributed by atoms with Gasteiger partial charge in [-0.3, -0.25) is 0 Å². The molecule has 2 N–H and O–H groups in total. The van der Waals surface area contributed by atoms with E-state index in [0.29, 0.717) is 22.0 Å². The second kappa shape index (κ2) is 4.47. The zero-order chi connectivity index (χ0) is 12.6. The van der Waals surface area contributed by atoms with E-state index in [1.54, 1.807) is 13.0 Å². The first-order valence-electron chi connectivity index (χ1n) is 4.73. The van der Waals surface area contributed by atoms with Crippen molar-refractivity contribution in [2.24, 2.45) is 0 Å². The molecule has 1 aromatic heterocycles. The fourth-order valence-corrected chi connectivity index (χ4v) is 1.93. The predicted octanol–water partition coefficient (Wildman–Crippen LogP) is 3.48. The van der Waals surface area contributed by atoms with Crippen molar-refractivity contribution in [2.75, 3.05) is 5.73 Å². The molecule has 0 fully saturated rings. The third-order valence-corrected chi connectivity index (χ3v) is 2.76. The minimum atomic E-state index is -0.555. The summed E-state index contributed by atoms with van der Waals surface area (Å²) in [6.07, 6.45) is 0. The molecule has 0 unspecified atom stereocenters. The van der Waals surface area contributed by atoms with Crippen LogP contribution in [-0.4, -0.2) is 9.97 Å². The molecule has 1 heterocycles. The predicted molar refractivity (Wildman–Crippen MR) is 66.6 cm³/mol. The van der Waals surface area contributed by atoms with Gasteiger partial charge in [-0.05, 0) is 25.1 Å². The van der Waals surface area contributed by atoms with E-state index < -0.39 is 5.82 Å². The number of halogens is 3. The van der Waals surface area contributed by atoms with Crippen LogP contribution in [-0.2, 0) is 0 Å². The van der Waals surface area contributed by atoms with Gasteiger partial charge in [0.15, 0.2) is 0 Å². The average Bonchev–Trinajstić information content (AvgIpc) is 2.22. The van der Waals surface area contributed by atoms with E-state index in [-0.39, 0.29) is 11.0 Å². The van der Waals surface area contributed by atoms with Crippen LogP contribution in [0.1, 0.15) is 5.69 Å². The molecule has 0 saturated heterocycles. The van der Waals surface area contributed by atoms with Crippen molar-refractivity contribution in [1.29, 1.82) is 0 Å². The number of nitrogens with two attached hydrogens (primary N) is 1. The van der Waals surface area contributed by atoms with Gasteiger partial charge in [0.1, 0.15) is 5.82 Å². The molecule has 88 valence electrons. The summed E-state index contributed by atoms with van der Waals surface area (Å²) in [7, 11) is 0. The van der Waals surface area contributed by atoms with Gasteiger partial charge in [-0.15, -0.1) is 0 Å². The summed E-state index contributed by atoms with van der Waals surface area (Å²) in [5.41, 5.74) is 7.11. The van der Waals surface area contributed by atoms with Crippen LogP contribution in [0.2, 0.25) is 10.0 Å². The zero-order valence-electron chi connectivity index (χ0n) is 8.84. The first kappa shape index (κ1) is 12.1. The lowest BCUT2D eigenvalue weighted by Crippen LogP contribution is -1.98. The fourth-order valence-electron chi connectivity index (χ4n) is 1.45. The Kier molecular flexibility index (Phi) is 3.17. The lowest BCUT2D eigenvalue weighted by atomic mass is 10.1. The normalized spacial score (nSPS) is 10.6. The van der Waals surface area contributed by atoms with Gasteiger partial charge in [0.25, 0.3) is 0 Å². The molecule has 6 heteroatoms. The Labute approximate surface area is 107 Å². The van der Waals surface area contributed by atoms with Gasteiger partial charge in [0, 0.05) is 11.3 Å². The van der Waals surface area contributed by atoms with Gasteiger partial charge >= 0.3 is 0 Å². The Morgan fingerprint density at radius 1 is 1.12 bits per heavy atom. The Morgan fingerprint density at radius 2 is 1.82 bits per heavy atom. The van der Waals surface area contributed by atoms with Crippen LogP contribution < -0.4 is 5.73 Å². The highest BCUT2D eigenvalue weighted by Gasteiger charge is 2.11. The van der Waals surface area contributed by atoms with Gasteiger partial charge in [0.05, 0.1) is 15.7 Å².